The molecule has 2 heterocycles. The fraction of sp³-hybridized carbons (Fsp3) is 0.381. The summed E-state index contributed by atoms with van der Waals surface area (Å²) in [6, 6.07) is 4.62. The zero-order chi connectivity index (χ0) is 21.1. The molecular formula is C21H25FN4O3. The Kier molecular flexibility index (Phi) is 6.00. The first kappa shape index (κ1) is 20.6. The number of hydrogen-bond donors (Lipinski definition) is 2. The number of carbonyl (C=O) groups excluding carboxylic acids is 3. The Labute approximate surface area is 169 Å². The van der Waals surface area contributed by atoms with E-state index in [1.54, 1.807) is 12.1 Å². The molecule has 0 radical (unpaired) electrons. The molecule has 0 bridgehead atoms. The second-order valence-corrected chi connectivity index (χ2v) is 7.56. The van der Waals surface area contributed by atoms with Crippen LogP contribution in [0.4, 0.5) is 9.18 Å². The Morgan fingerprint density at radius 3 is 2.83 bits per heavy atom. The molecule has 0 saturated carbocycles. The van der Waals surface area contributed by atoms with Gasteiger partial charge in [0.1, 0.15) is 12.4 Å². The van der Waals surface area contributed by atoms with Crippen LogP contribution in [0.1, 0.15) is 25.5 Å². The van der Waals surface area contributed by atoms with Gasteiger partial charge >= 0.3 is 6.03 Å². The molecule has 8 heteroatoms. The highest BCUT2D eigenvalue weighted by atomic mass is 19.1. The van der Waals surface area contributed by atoms with E-state index in [-0.39, 0.29) is 31.4 Å². The van der Waals surface area contributed by atoms with Gasteiger partial charge in [0.15, 0.2) is 0 Å². The van der Waals surface area contributed by atoms with Gasteiger partial charge in [-0.3, -0.25) is 14.5 Å². The zero-order valence-electron chi connectivity index (χ0n) is 16.6. The number of halogens is 1. The van der Waals surface area contributed by atoms with Crippen molar-refractivity contribution in [3.63, 3.8) is 0 Å². The largest absolute Gasteiger partial charge is 0.354 e. The molecule has 0 spiro atoms. The number of nitrogens with zero attached hydrogens (tertiary/aromatic N) is 2. The minimum absolute atomic E-state index is 0.107. The summed E-state index contributed by atoms with van der Waals surface area (Å²) in [4.78, 5) is 40.8. The predicted molar refractivity (Wildman–Crippen MR) is 106 cm³/mol. The van der Waals surface area contributed by atoms with Gasteiger partial charge in [-0.25, -0.2) is 9.18 Å². The van der Waals surface area contributed by atoms with Crippen LogP contribution in [-0.2, 0) is 9.59 Å². The van der Waals surface area contributed by atoms with E-state index in [2.05, 4.69) is 17.2 Å². The van der Waals surface area contributed by atoms with Gasteiger partial charge in [0.2, 0.25) is 5.91 Å². The minimum atomic E-state index is -0.773. The molecule has 7 nitrogen and oxygen atoms in total. The summed E-state index contributed by atoms with van der Waals surface area (Å²) in [5.41, 5.74) is 1.35. The third kappa shape index (κ3) is 4.31. The minimum Gasteiger partial charge on any atom is -0.354 e. The smallest absolute Gasteiger partial charge is 0.322 e. The Hall–Kier alpha value is -3.16. The van der Waals surface area contributed by atoms with E-state index in [0.29, 0.717) is 29.3 Å². The molecule has 1 aromatic carbocycles. The number of rotatable bonds is 7. The van der Waals surface area contributed by atoms with Crippen LogP contribution >= 0.6 is 0 Å². The van der Waals surface area contributed by atoms with Crippen LogP contribution in [0.25, 0.3) is 0 Å². The third-order valence-corrected chi connectivity index (χ3v) is 4.83. The lowest BCUT2D eigenvalue weighted by atomic mass is 9.95. The second kappa shape index (κ2) is 8.46. The highest BCUT2D eigenvalue weighted by Gasteiger charge is 2.44. The SMILES string of the molecule is C=CCN1C(=O)NC(c2cccc(F)c2)C2=C1CN(CC(=O)NCC(C)C)C2=O. The monoisotopic (exact) mass is 400 g/mol. The molecule has 1 unspecified atom stereocenters. The summed E-state index contributed by atoms with van der Waals surface area (Å²) in [6.07, 6.45) is 1.56. The van der Waals surface area contributed by atoms with Crippen molar-refractivity contribution in [3.8, 4) is 0 Å². The van der Waals surface area contributed by atoms with E-state index in [0.717, 1.165) is 0 Å². The van der Waals surface area contributed by atoms with Gasteiger partial charge in [-0.05, 0) is 23.6 Å². The average molecular weight is 400 g/mol. The van der Waals surface area contributed by atoms with Crippen LogP contribution in [-0.4, -0.2) is 53.8 Å². The Morgan fingerprint density at radius 1 is 1.41 bits per heavy atom. The normalized spacial score (nSPS) is 18.8. The fourth-order valence-electron chi connectivity index (χ4n) is 3.48. The summed E-state index contributed by atoms with van der Waals surface area (Å²) in [5, 5.41) is 5.57. The van der Waals surface area contributed by atoms with Gasteiger partial charge in [-0.1, -0.05) is 32.1 Å². The number of amides is 4. The van der Waals surface area contributed by atoms with Crippen molar-refractivity contribution in [2.24, 2.45) is 5.92 Å². The lowest BCUT2D eigenvalue weighted by molar-refractivity contribution is -0.132. The van der Waals surface area contributed by atoms with Crippen LogP contribution in [0.2, 0.25) is 0 Å². The number of hydrogen-bond acceptors (Lipinski definition) is 3. The fourth-order valence-corrected chi connectivity index (χ4v) is 3.48. The number of nitrogens with one attached hydrogen (secondary N) is 2. The van der Waals surface area contributed by atoms with E-state index in [1.807, 2.05) is 13.8 Å². The van der Waals surface area contributed by atoms with Crippen molar-refractivity contribution in [1.29, 1.82) is 0 Å². The van der Waals surface area contributed by atoms with Gasteiger partial charge in [0.05, 0.1) is 23.9 Å². The molecule has 2 aliphatic rings. The van der Waals surface area contributed by atoms with E-state index in [4.69, 9.17) is 0 Å². The predicted octanol–water partition coefficient (Wildman–Crippen LogP) is 1.95. The van der Waals surface area contributed by atoms with Crippen LogP contribution in [0.5, 0.6) is 0 Å². The van der Waals surface area contributed by atoms with E-state index in [1.165, 1.54) is 28.0 Å². The summed E-state index contributed by atoms with van der Waals surface area (Å²) < 4.78 is 13.8. The molecule has 4 amide bonds. The van der Waals surface area contributed by atoms with Gasteiger partial charge in [0.25, 0.3) is 5.91 Å². The van der Waals surface area contributed by atoms with Crippen molar-refractivity contribution in [3.05, 3.63) is 59.6 Å². The second-order valence-electron chi connectivity index (χ2n) is 7.56. The van der Waals surface area contributed by atoms with Crippen LogP contribution in [0.3, 0.4) is 0 Å². The Balaban J connectivity index is 1.89. The molecule has 154 valence electrons. The first-order valence-electron chi connectivity index (χ1n) is 9.55. The van der Waals surface area contributed by atoms with Crippen molar-refractivity contribution >= 4 is 17.8 Å². The highest BCUT2D eigenvalue weighted by molar-refractivity contribution is 6.03. The van der Waals surface area contributed by atoms with Crippen molar-refractivity contribution in [2.75, 3.05) is 26.2 Å². The maximum Gasteiger partial charge on any atom is 0.322 e. The maximum atomic E-state index is 13.8. The van der Waals surface area contributed by atoms with Crippen LogP contribution in [0, 0.1) is 11.7 Å². The van der Waals surface area contributed by atoms with E-state index in [9.17, 15) is 18.8 Å². The highest BCUT2D eigenvalue weighted by Crippen LogP contribution is 2.36. The molecule has 1 aromatic rings. The standard InChI is InChI=1S/C21H25FN4O3/c1-4-8-26-16-11-25(12-17(27)23-10-13(2)3)20(28)18(16)19(24-21(26)29)14-6-5-7-15(22)9-14/h4-7,9,13,19H,1,8,10-12H2,2-3H3,(H,23,27)(H,24,29). The molecular weight excluding hydrogens is 375 g/mol. The lowest BCUT2D eigenvalue weighted by Gasteiger charge is -2.33. The molecule has 1 atom stereocenters. The number of carbonyl (C=O) groups is 3. The topological polar surface area (TPSA) is 81.8 Å². The van der Waals surface area contributed by atoms with Gasteiger partial charge < -0.3 is 15.5 Å². The number of benzene rings is 1. The molecule has 0 fully saturated rings. The molecule has 0 saturated heterocycles. The summed E-state index contributed by atoms with van der Waals surface area (Å²) in [7, 11) is 0. The Morgan fingerprint density at radius 2 is 2.17 bits per heavy atom. The average Bonchev–Trinajstić information content (AvgIpc) is 2.98. The Bertz CT molecular complexity index is 880. The quantitative estimate of drug-likeness (QED) is 0.687. The maximum absolute atomic E-state index is 13.8. The molecule has 2 N–H and O–H groups in total. The number of urea groups is 1. The van der Waals surface area contributed by atoms with E-state index >= 15 is 0 Å². The van der Waals surface area contributed by atoms with Gasteiger partial charge in [-0.15, -0.1) is 6.58 Å². The molecule has 3 rings (SSSR count). The molecule has 2 aliphatic heterocycles. The summed E-state index contributed by atoms with van der Waals surface area (Å²) in [6.45, 7) is 8.39. The molecule has 0 aromatic heterocycles. The third-order valence-electron chi connectivity index (χ3n) is 4.83. The van der Waals surface area contributed by atoms with Gasteiger partial charge in [0, 0.05) is 13.1 Å². The summed E-state index contributed by atoms with van der Waals surface area (Å²) in [5.74, 6) is -0.767. The lowest BCUT2D eigenvalue weighted by Crippen LogP contribution is -2.47. The van der Waals surface area contributed by atoms with Crippen LogP contribution in [0.15, 0.2) is 48.2 Å². The van der Waals surface area contributed by atoms with Crippen LogP contribution < -0.4 is 10.6 Å². The van der Waals surface area contributed by atoms with Gasteiger partial charge in [-0.2, -0.15) is 0 Å². The summed E-state index contributed by atoms with van der Waals surface area (Å²) >= 11 is 0. The first-order chi connectivity index (χ1) is 13.8. The van der Waals surface area contributed by atoms with Crippen molar-refractivity contribution in [1.82, 2.24) is 20.4 Å². The van der Waals surface area contributed by atoms with Crippen molar-refractivity contribution in [2.45, 2.75) is 19.9 Å². The van der Waals surface area contributed by atoms with E-state index < -0.39 is 17.9 Å². The molecule has 29 heavy (non-hydrogen) atoms. The first-order valence-corrected chi connectivity index (χ1v) is 9.55. The van der Waals surface area contributed by atoms with Crippen molar-refractivity contribution < 1.29 is 18.8 Å². The zero-order valence-corrected chi connectivity index (χ0v) is 16.6. The molecule has 0 aliphatic carbocycles.